The summed E-state index contributed by atoms with van der Waals surface area (Å²) in [5, 5.41) is 0. The second kappa shape index (κ2) is 16.8. The largest absolute Gasteiger partial charge is 0.466 e. The van der Waals surface area contributed by atoms with Crippen molar-refractivity contribution in [1.29, 1.82) is 0 Å². The van der Waals surface area contributed by atoms with Crippen molar-refractivity contribution in [3.63, 3.8) is 0 Å². The van der Waals surface area contributed by atoms with Gasteiger partial charge in [-0.1, -0.05) is 90.9 Å². The summed E-state index contributed by atoms with van der Waals surface area (Å²) in [5.41, 5.74) is 0. The molecular formula is C20H40O2. The van der Waals surface area contributed by atoms with E-state index < -0.39 is 0 Å². The highest BCUT2D eigenvalue weighted by Crippen LogP contribution is 2.14. The highest BCUT2D eigenvalue weighted by atomic mass is 16.5. The average Bonchev–Trinajstić information content (AvgIpc) is 2.47. The normalized spacial score (nSPS) is 11.1. The number of carbonyl (C=O) groups is 1. The predicted molar refractivity (Wildman–Crippen MR) is 96.1 cm³/mol. The highest BCUT2D eigenvalue weighted by Gasteiger charge is 2.00. The zero-order valence-electron chi connectivity index (χ0n) is 15.5. The van der Waals surface area contributed by atoms with Gasteiger partial charge < -0.3 is 4.74 Å². The molecule has 0 heterocycles. The topological polar surface area (TPSA) is 26.3 Å². The molecule has 0 aliphatic heterocycles. The Balaban J connectivity index is 3.04. The van der Waals surface area contributed by atoms with E-state index in [0.29, 0.717) is 13.0 Å². The van der Waals surface area contributed by atoms with Gasteiger partial charge in [0.05, 0.1) is 6.61 Å². The van der Waals surface area contributed by atoms with E-state index in [4.69, 9.17) is 4.74 Å². The molecule has 0 aromatic rings. The third-order valence-corrected chi connectivity index (χ3v) is 4.22. The van der Waals surface area contributed by atoms with Crippen LogP contribution in [0.2, 0.25) is 0 Å². The van der Waals surface area contributed by atoms with Gasteiger partial charge >= 0.3 is 5.97 Å². The van der Waals surface area contributed by atoms with E-state index in [2.05, 4.69) is 13.8 Å². The molecule has 132 valence electrons. The molecule has 0 saturated carbocycles. The average molecular weight is 313 g/mol. The lowest BCUT2D eigenvalue weighted by atomic mass is 10.0. The fraction of sp³-hybridized carbons (Fsp3) is 0.950. The van der Waals surface area contributed by atoms with Crippen LogP contribution >= 0.6 is 0 Å². The fourth-order valence-corrected chi connectivity index (χ4v) is 2.82. The van der Waals surface area contributed by atoms with E-state index in [1.54, 1.807) is 0 Å². The second-order valence-electron chi connectivity index (χ2n) is 6.98. The molecule has 22 heavy (non-hydrogen) atoms. The van der Waals surface area contributed by atoms with Crippen LogP contribution < -0.4 is 0 Å². The van der Waals surface area contributed by atoms with E-state index in [1.807, 2.05) is 6.92 Å². The van der Waals surface area contributed by atoms with Gasteiger partial charge in [-0.2, -0.15) is 0 Å². The van der Waals surface area contributed by atoms with Crippen LogP contribution in [-0.4, -0.2) is 12.6 Å². The number of unbranched alkanes of at least 4 members (excludes halogenated alkanes) is 11. The minimum atomic E-state index is -0.0316. The van der Waals surface area contributed by atoms with Crippen LogP contribution in [0.25, 0.3) is 0 Å². The van der Waals surface area contributed by atoms with Crippen LogP contribution in [0.4, 0.5) is 0 Å². The molecule has 2 heteroatoms. The minimum Gasteiger partial charge on any atom is -0.466 e. The molecule has 0 fully saturated rings. The predicted octanol–water partition coefficient (Wildman–Crippen LogP) is 6.67. The molecule has 0 saturated heterocycles. The Morgan fingerprint density at radius 3 is 1.55 bits per heavy atom. The van der Waals surface area contributed by atoms with E-state index in [9.17, 15) is 4.79 Å². The SMILES string of the molecule is CCOC(=O)CCCCCCCCCCCCCCC(C)C. The molecule has 0 bridgehead atoms. The van der Waals surface area contributed by atoms with Crippen molar-refractivity contribution in [3.8, 4) is 0 Å². The number of esters is 1. The van der Waals surface area contributed by atoms with Crippen molar-refractivity contribution in [2.45, 2.75) is 111 Å². The molecule has 0 N–H and O–H groups in total. The van der Waals surface area contributed by atoms with Gasteiger partial charge in [0.25, 0.3) is 0 Å². The quantitative estimate of drug-likeness (QED) is 0.235. The smallest absolute Gasteiger partial charge is 0.305 e. The molecule has 0 aliphatic rings. The zero-order chi connectivity index (χ0) is 16.5. The maximum Gasteiger partial charge on any atom is 0.305 e. The summed E-state index contributed by atoms with van der Waals surface area (Å²) in [6.07, 6.45) is 18.1. The fourth-order valence-electron chi connectivity index (χ4n) is 2.82. The van der Waals surface area contributed by atoms with E-state index >= 15 is 0 Å². The van der Waals surface area contributed by atoms with Crippen LogP contribution in [0, 0.1) is 5.92 Å². The summed E-state index contributed by atoms with van der Waals surface area (Å²) in [7, 11) is 0. The first kappa shape index (κ1) is 21.5. The number of carbonyl (C=O) groups excluding carboxylic acids is 1. The number of hydrogen-bond donors (Lipinski definition) is 0. The standard InChI is InChI=1S/C20H40O2/c1-4-22-20(21)18-16-14-12-10-8-6-5-7-9-11-13-15-17-19(2)3/h19H,4-18H2,1-3H3. The van der Waals surface area contributed by atoms with Crippen LogP contribution in [0.15, 0.2) is 0 Å². The van der Waals surface area contributed by atoms with Gasteiger partial charge in [0, 0.05) is 6.42 Å². The van der Waals surface area contributed by atoms with E-state index in [1.165, 1.54) is 77.0 Å². The molecule has 0 aromatic carbocycles. The third kappa shape index (κ3) is 17.5. The first-order valence-corrected chi connectivity index (χ1v) is 9.82. The number of rotatable bonds is 16. The molecule has 0 amide bonds. The first-order valence-electron chi connectivity index (χ1n) is 9.82. The summed E-state index contributed by atoms with van der Waals surface area (Å²) in [6, 6.07) is 0. The lowest BCUT2D eigenvalue weighted by Crippen LogP contribution is -2.03. The molecule has 0 spiro atoms. The third-order valence-electron chi connectivity index (χ3n) is 4.22. The van der Waals surface area contributed by atoms with Crippen molar-refractivity contribution in [2.24, 2.45) is 5.92 Å². The minimum absolute atomic E-state index is 0.0316. The molecule has 0 unspecified atom stereocenters. The van der Waals surface area contributed by atoms with Crippen LogP contribution in [-0.2, 0) is 9.53 Å². The lowest BCUT2D eigenvalue weighted by Gasteiger charge is -2.05. The summed E-state index contributed by atoms with van der Waals surface area (Å²) < 4.78 is 4.92. The maximum atomic E-state index is 11.2. The summed E-state index contributed by atoms with van der Waals surface area (Å²) in [5.74, 6) is 0.841. The van der Waals surface area contributed by atoms with Crippen molar-refractivity contribution >= 4 is 5.97 Å². The maximum absolute atomic E-state index is 11.2. The van der Waals surface area contributed by atoms with E-state index in [0.717, 1.165) is 12.3 Å². The Bertz CT molecular complexity index is 236. The molecule has 2 nitrogen and oxygen atoms in total. The summed E-state index contributed by atoms with van der Waals surface area (Å²) in [6.45, 7) is 7.01. The molecule has 0 aliphatic carbocycles. The van der Waals surface area contributed by atoms with Gasteiger partial charge in [-0.15, -0.1) is 0 Å². The van der Waals surface area contributed by atoms with Crippen LogP contribution in [0.1, 0.15) is 111 Å². The Morgan fingerprint density at radius 1 is 0.727 bits per heavy atom. The highest BCUT2D eigenvalue weighted by molar-refractivity contribution is 5.69. The Morgan fingerprint density at radius 2 is 1.14 bits per heavy atom. The van der Waals surface area contributed by atoms with Gasteiger partial charge in [0.1, 0.15) is 0 Å². The Labute approximate surface area is 139 Å². The number of ether oxygens (including phenoxy) is 1. The lowest BCUT2D eigenvalue weighted by molar-refractivity contribution is -0.143. The van der Waals surface area contributed by atoms with Gasteiger partial charge in [0.15, 0.2) is 0 Å². The molecule has 0 atom stereocenters. The Kier molecular flexibility index (Phi) is 16.4. The van der Waals surface area contributed by atoms with Gasteiger partial charge in [-0.3, -0.25) is 4.79 Å². The molecular weight excluding hydrogens is 272 g/mol. The zero-order valence-corrected chi connectivity index (χ0v) is 15.5. The Hall–Kier alpha value is -0.530. The molecule has 0 rings (SSSR count). The first-order chi connectivity index (χ1) is 10.7. The van der Waals surface area contributed by atoms with E-state index in [-0.39, 0.29) is 5.97 Å². The van der Waals surface area contributed by atoms with Crippen LogP contribution in [0.5, 0.6) is 0 Å². The monoisotopic (exact) mass is 312 g/mol. The van der Waals surface area contributed by atoms with Gasteiger partial charge in [-0.25, -0.2) is 0 Å². The summed E-state index contributed by atoms with van der Waals surface area (Å²) in [4.78, 5) is 11.2. The molecule has 0 radical (unpaired) electrons. The number of hydrogen-bond acceptors (Lipinski definition) is 2. The molecule has 0 aromatic heterocycles. The van der Waals surface area contributed by atoms with Crippen molar-refractivity contribution in [2.75, 3.05) is 6.61 Å². The van der Waals surface area contributed by atoms with Crippen molar-refractivity contribution < 1.29 is 9.53 Å². The van der Waals surface area contributed by atoms with Gasteiger partial charge in [0.2, 0.25) is 0 Å². The van der Waals surface area contributed by atoms with Crippen LogP contribution in [0.3, 0.4) is 0 Å². The van der Waals surface area contributed by atoms with Gasteiger partial charge in [-0.05, 0) is 19.3 Å². The van der Waals surface area contributed by atoms with Crippen molar-refractivity contribution in [3.05, 3.63) is 0 Å². The second-order valence-corrected chi connectivity index (χ2v) is 6.98. The van der Waals surface area contributed by atoms with Crippen molar-refractivity contribution in [1.82, 2.24) is 0 Å². The summed E-state index contributed by atoms with van der Waals surface area (Å²) >= 11 is 0.